The van der Waals surface area contributed by atoms with E-state index in [0.717, 1.165) is 5.92 Å². The monoisotopic (exact) mass is 243 g/mol. The van der Waals surface area contributed by atoms with Crippen molar-refractivity contribution in [2.75, 3.05) is 6.54 Å². The first-order valence-corrected chi connectivity index (χ1v) is 7.53. The lowest BCUT2D eigenvalue weighted by Crippen LogP contribution is -2.46. The summed E-state index contributed by atoms with van der Waals surface area (Å²) in [5, 5.41) is 3.77. The van der Waals surface area contributed by atoms with Gasteiger partial charge in [-0.3, -0.25) is 0 Å². The first-order valence-electron chi connectivity index (χ1n) is 7.53. The Morgan fingerprint density at radius 1 is 1.22 bits per heavy atom. The molecule has 0 aromatic heterocycles. The molecule has 1 heteroatoms. The minimum absolute atomic E-state index is 0.348. The van der Waals surface area contributed by atoms with Gasteiger partial charge in [0.05, 0.1) is 0 Å². The highest BCUT2D eigenvalue weighted by Gasteiger charge is 2.36. The van der Waals surface area contributed by atoms with Gasteiger partial charge in [-0.25, -0.2) is 0 Å². The molecule has 1 saturated heterocycles. The molecule has 1 heterocycles. The summed E-state index contributed by atoms with van der Waals surface area (Å²) in [5.41, 5.74) is 3.40. The molecule has 3 rings (SSSR count). The zero-order valence-electron chi connectivity index (χ0n) is 11.7. The molecule has 0 amide bonds. The molecule has 1 aliphatic heterocycles. The van der Waals surface area contributed by atoms with Crippen molar-refractivity contribution in [3.8, 4) is 0 Å². The quantitative estimate of drug-likeness (QED) is 0.846. The molecule has 1 unspecified atom stereocenters. The molecule has 1 atom stereocenters. The van der Waals surface area contributed by atoms with Crippen LogP contribution < -0.4 is 5.32 Å². The number of rotatable bonds is 4. The fraction of sp³-hybridized carbons (Fsp3) is 0.647. The van der Waals surface area contributed by atoms with Crippen molar-refractivity contribution in [2.45, 2.75) is 57.4 Å². The summed E-state index contributed by atoms with van der Waals surface area (Å²) in [4.78, 5) is 0. The van der Waals surface area contributed by atoms with Crippen LogP contribution in [0.3, 0.4) is 0 Å². The number of nitrogens with one attached hydrogen (secondary N) is 1. The molecule has 2 aliphatic rings. The minimum Gasteiger partial charge on any atom is -0.311 e. The maximum atomic E-state index is 3.77. The third-order valence-electron chi connectivity index (χ3n) is 4.93. The zero-order chi connectivity index (χ0) is 12.6. The Hall–Kier alpha value is -0.820. The number of benzene rings is 1. The molecule has 1 nitrogen and oxygen atoms in total. The largest absolute Gasteiger partial charge is 0.311 e. The summed E-state index contributed by atoms with van der Waals surface area (Å²) in [6.07, 6.45) is 6.65. The first-order chi connectivity index (χ1) is 8.70. The Morgan fingerprint density at radius 2 is 1.94 bits per heavy atom. The molecule has 2 fully saturated rings. The van der Waals surface area contributed by atoms with E-state index in [2.05, 4.69) is 43.4 Å². The molecule has 1 N–H and O–H groups in total. The van der Waals surface area contributed by atoms with Gasteiger partial charge in [0.2, 0.25) is 0 Å². The summed E-state index contributed by atoms with van der Waals surface area (Å²) in [6, 6.07) is 9.43. The number of hydrogen-bond donors (Lipinski definition) is 1. The van der Waals surface area contributed by atoms with E-state index >= 15 is 0 Å². The van der Waals surface area contributed by atoms with Crippen molar-refractivity contribution in [2.24, 2.45) is 5.92 Å². The Kier molecular flexibility index (Phi) is 3.19. The van der Waals surface area contributed by atoms with Crippen molar-refractivity contribution in [3.05, 3.63) is 35.4 Å². The third-order valence-corrected chi connectivity index (χ3v) is 4.93. The van der Waals surface area contributed by atoms with Crippen LogP contribution in [0, 0.1) is 5.92 Å². The molecule has 0 radical (unpaired) electrons. The summed E-state index contributed by atoms with van der Waals surface area (Å²) in [6.45, 7) is 5.91. The van der Waals surface area contributed by atoms with Gasteiger partial charge in [-0.1, -0.05) is 38.1 Å². The van der Waals surface area contributed by atoms with Gasteiger partial charge in [-0.15, -0.1) is 0 Å². The second kappa shape index (κ2) is 4.70. The van der Waals surface area contributed by atoms with E-state index in [4.69, 9.17) is 0 Å². The molecule has 1 aliphatic carbocycles. The first kappa shape index (κ1) is 12.2. The lowest BCUT2D eigenvalue weighted by Gasteiger charge is -2.34. The van der Waals surface area contributed by atoms with E-state index < -0.39 is 0 Å². The highest BCUT2D eigenvalue weighted by atomic mass is 15.0. The zero-order valence-corrected chi connectivity index (χ0v) is 11.7. The van der Waals surface area contributed by atoms with Crippen LogP contribution in [0.5, 0.6) is 0 Å². The Bertz CT molecular complexity index is 394. The Balaban J connectivity index is 1.73. The molecule has 0 spiro atoms. The smallest absolute Gasteiger partial charge is 0.0245 e. The fourth-order valence-electron chi connectivity index (χ4n) is 3.37. The second-order valence-corrected chi connectivity index (χ2v) is 6.53. The molecule has 1 aromatic carbocycles. The lowest BCUT2D eigenvalue weighted by molar-refractivity contribution is 0.269. The van der Waals surface area contributed by atoms with Gasteiger partial charge >= 0.3 is 0 Å². The molecular weight excluding hydrogens is 218 g/mol. The second-order valence-electron chi connectivity index (χ2n) is 6.53. The summed E-state index contributed by atoms with van der Waals surface area (Å²) >= 11 is 0. The molecule has 1 saturated carbocycles. The topological polar surface area (TPSA) is 12.0 Å². The van der Waals surface area contributed by atoms with E-state index in [1.54, 1.807) is 5.56 Å². The average molecular weight is 243 g/mol. The van der Waals surface area contributed by atoms with E-state index in [-0.39, 0.29) is 0 Å². The van der Waals surface area contributed by atoms with Crippen molar-refractivity contribution < 1.29 is 0 Å². The highest BCUT2D eigenvalue weighted by molar-refractivity contribution is 5.29. The SMILES string of the molecule is CC(C)C1(Cc2ccc(C3CC3)cc2)CCCN1. The Morgan fingerprint density at radius 3 is 2.44 bits per heavy atom. The predicted octanol–water partition coefficient (Wildman–Crippen LogP) is 3.88. The van der Waals surface area contributed by atoms with Gasteiger partial charge in [-0.2, -0.15) is 0 Å². The van der Waals surface area contributed by atoms with E-state index in [1.165, 1.54) is 44.2 Å². The van der Waals surface area contributed by atoms with Crippen LogP contribution in [0.25, 0.3) is 0 Å². The summed E-state index contributed by atoms with van der Waals surface area (Å²) < 4.78 is 0. The van der Waals surface area contributed by atoms with Crippen LogP contribution in [0.4, 0.5) is 0 Å². The summed E-state index contributed by atoms with van der Waals surface area (Å²) in [7, 11) is 0. The lowest BCUT2D eigenvalue weighted by atomic mass is 9.79. The molecule has 0 bridgehead atoms. The van der Waals surface area contributed by atoms with Gasteiger partial charge in [0.25, 0.3) is 0 Å². The maximum Gasteiger partial charge on any atom is 0.0245 e. The molecular formula is C17H25N. The van der Waals surface area contributed by atoms with Crippen LogP contribution in [0.2, 0.25) is 0 Å². The maximum absolute atomic E-state index is 3.77. The molecule has 18 heavy (non-hydrogen) atoms. The van der Waals surface area contributed by atoms with Gasteiger partial charge in [0.1, 0.15) is 0 Å². The van der Waals surface area contributed by atoms with Gasteiger partial charge in [0, 0.05) is 5.54 Å². The third kappa shape index (κ3) is 2.33. The normalized spacial score (nSPS) is 27.9. The molecule has 98 valence electrons. The van der Waals surface area contributed by atoms with Gasteiger partial charge < -0.3 is 5.32 Å². The van der Waals surface area contributed by atoms with Crippen LogP contribution in [-0.4, -0.2) is 12.1 Å². The van der Waals surface area contributed by atoms with Crippen LogP contribution >= 0.6 is 0 Å². The van der Waals surface area contributed by atoms with E-state index in [9.17, 15) is 0 Å². The van der Waals surface area contributed by atoms with Gasteiger partial charge in [-0.05, 0) is 61.6 Å². The minimum atomic E-state index is 0.348. The molecule has 1 aromatic rings. The Labute approximate surface area is 111 Å². The standard InChI is InChI=1S/C17H25N/c1-13(2)17(10-3-11-18-17)12-14-4-6-15(7-5-14)16-8-9-16/h4-7,13,16,18H,3,8-12H2,1-2H3. The van der Waals surface area contributed by atoms with Gasteiger partial charge in [0.15, 0.2) is 0 Å². The van der Waals surface area contributed by atoms with Crippen LogP contribution in [0.15, 0.2) is 24.3 Å². The predicted molar refractivity (Wildman–Crippen MR) is 76.9 cm³/mol. The van der Waals surface area contributed by atoms with Crippen molar-refractivity contribution in [1.29, 1.82) is 0 Å². The van der Waals surface area contributed by atoms with E-state index in [0.29, 0.717) is 11.5 Å². The summed E-state index contributed by atoms with van der Waals surface area (Å²) in [5.74, 6) is 1.59. The van der Waals surface area contributed by atoms with Crippen LogP contribution in [-0.2, 0) is 6.42 Å². The van der Waals surface area contributed by atoms with Crippen LogP contribution in [0.1, 0.15) is 56.6 Å². The van der Waals surface area contributed by atoms with Crippen molar-refractivity contribution >= 4 is 0 Å². The van der Waals surface area contributed by atoms with E-state index in [1.807, 2.05) is 0 Å². The average Bonchev–Trinajstić information content (AvgIpc) is 3.10. The fourth-order valence-corrected chi connectivity index (χ4v) is 3.37. The highest BCUT2D eigenvalue weighted by Crippen LogP contribution is 2.40. The number of hydrogen-bond acceptors (Lipinski definition) is 1. The van der Waals surface area contributed by atoms with Crippen molar-refractivity contribution in [3.63, 3.8) is 0 Å². The van der Waals surface area contributed by atoms with Crippen molar-refractivity contribution in [1.82, 2.24) is 5.32 Å².